The van der Waals surface area contributed by atoms with E-state index in [0.717, 1.165) is 37.0 Å². The number of benzene rings is 12. The van der Waals surface area contributed by atoms with Gasteiger partial charge in [0.1, 0.15) is 0 Å². The third-order valence-electron chi connectivity index (χ3n) is 17.4. The summed E-state index contributed by atoms with van der Waals surface area (Å²) in [6, 6.07) is 141. The first-order valence-electron chi connectivity index (χ1n) is 31.7. The summed E-state index contributed by atoms with van der Waals surface area (Å²) in [5, 5.41) is 17.8. The van der Waals surface area contributed by atoms with Gasteiger partial charge in [-0.3, -0.25) is 0 Å². The summed E-state index contributed by atoms with van der Waals surface area (Å²) in [6.07, 6.45) is 11.6. The van der Waals surface area contributed by atoms with Crippen LogP contribution in [0.2, 0.25) is 0 Å². The second-order valence-electron chi connectivity index (χ2n) is 23.4. The van der Waals surface area contributed by atoms with E-state index in [2.05, 4.69) is 364 Å². The van der Waals surface area contributed by atoms with Gasteiger partial charge in [0.05, 0.1) is 24.6 Å². The second kappa shape index (κ2) is 32.8. The Morgan fingerprint density at radius 3 is 0.456 bits per heavy atom. The molecule has 12 aromatic carbocycles. The van der Waals surface area contributed by atoms with Crippen molar-refractivity contribution in [3.63, 3.8) is 0 Å². The van der Waals surface area contributed by atoms with Crippen LogP contribution in [-0.2, 0) is 0 Å². The van der Waals surface area contributed by atoms with Crippen molar-refractivity contribution in [3.8, 4) is 0 Å². The van der Waals surface area contributed by atoms with Crippen LogP contribution in [-0.4, -0.2) is 61.6 Å². The van der Waals surface area contributed by atoms with Crippen molar-refractivity contribution in [3.05, 3.63) is 364 Å². The van der Waals surface area contributed by atoms with Crippen LogP contribution in [0.25, 0.3) is 0 Å². The minimum atomic E-state index is -2.14. The van der Waals surface area contributed by atoms with Crippen molar-refractivity contribution in [2.75, 3.05) is 61.6 Å². The first-order chi connectivity index (χ1) is 44.6. The normalized spacial score (nSPS) is 11.9. The Balaban J connectivity index is 1.15. The van der Waals surface area contributed by atoms with Gasteiger partial charge in [-0.2, -0.15) is 0 Å². The zero-order chi connectivity index (χ0) is 60.9. The molecule has 0 atom stereocenters. The predicted octanol–water partition coefficient (Wildman–Crippen LogP) is 16.8. The van der Waals surface area contributed by atoms with E-state index in [-0.39, 0.29) is 5.41 Å². The molecule has 7 heteroatoms. The molecular weight excluding hydrogens is 1210 g/mol. The first-order valence-corrected chi connectivity index (χ1v) is 43.4. The van der Waals surface area contributed by atoms with E-state index in [1.54, 1.807) is 0 Å². The molecule has 0 spiro atoms. The highest BCUT2D eigenvalue weighted by Crippen LogP contribution is 2.69. The van der Waals surface area contributed by atoms with Gasteiger partial charge in [0.2, 0.25) is 0 Å². The van der Waals surface area contributed by atoms with Crippen molar-refractivity contribution in [2.24, 2.45) is 5.41 Å². The van der Waals surface area contributed by atoms with Crippen LogP contribution in [0.4, 0.5) is 0 Å². The van der Waals surface area contributed by atoms with Crippen LogP contribution in [0, 0.1) is 5.41 Å². The highest BCUT2D eigenvalue weighted by molar-refractivity contribution is 7.82. The molecule has 12 aromatic rings. The second-order valence-corrected chi connectivity index (χ2v) is 41.4. The van der Waals surface area contributed by atoms with Gasteiger partial charge in [-0.05, 0) is 130 Å². The Morgan fingerprint density at radius 1 is 0.178 bits per heavy atom. The zero-order valence-corrected chi connectivity index (χ0v) is 57.6. The molecule has 0 aliphatic rings. The molecule has 0 aliphatic carbocycles. The summed E-state index contributed by atoms with van der Waals surface area (Å²) in [4.78, 5) is 0. The molecule has 0 heterocycles. The van der Waals surface area contributed by atoms with Gasteiger partial charge >= 0.3 is 0 Å². The molecule has 0 unspecified atom stereocenters. The lowest BCUT2D eigenvalue weighted by atomic mass is 9.99. The van der Waals surface area contributed by atoms with Crippen molar-refractivity contribution in [1.82, 2.24) is 0 Å². The first kappa shape index (κ1) is 63.8. The Morgan fingerprint density at radius 2 is 0.311 bits per heavy atom. The Bertz CT molecular complexity index is 3300. The standard InChI is InChI=1S/C83H80P7/c1-13-37-71(38-14-1)84(72-39-15-2-16-40-72)61-64-90(65-62-85(73-41-17-3-18-42-73)74-43-19-4-20-44-74,66-63-86(75-45-21-5-22-46-75)76-47-23-6-24-48-76)70-83(67-87(77-49-25-7-26-50-77)78-51-27-8-28-52-78,68-88(79-53-29-9-30-54-79)80-55-31-10-32-56-80)69-89(81-57-33-11-34-58-81)82-59-35-12-36-60-82/h1-60H,61-70H2/q+1. The van der Waals surface area contributed by atoms with E-state index < -0.39 is 54.8 Å². The molecule has 0 fully saturated rings. The summed E-state index contributed by atoms with van der Waals surface area (Å²) in [5.41, 5.74) is -0.160. The van der Waals surface area contributed by atoms with E-state index in [1.165, 1.54) is 88.3 Å². The fourth-order valence-corrected chi connectivity index (χ4v) is 38.3. The van der Waals surface area contributed by atoms with Crippen molar-refractivity contribution in [2.45, 2.75) is 0 Å². The summed E-state index contributed by atoms with van der Waals surface area (Å²) >= 11 is 0. The van der Waals surface area contributed by atoms with Crippen molar-refractivity contribution in [1.29, 1.82) is 0 Å². The lowest BCUT2D eigenvalue weighted by Gasteiger charge is -2.46. The van der Waals surface area contributed by atoms with E-state index in [0.29, 0.717) is 0 Å². The minimum absolute atomic E-state index is 0.160. The lowest BCUT2D eigenvalue weighted by Crippen LogP contribution is -2.44. The van der Waals surface area contributed by atoms with Gasteiger partial charge in [-0.25, -0.2) is 0 Å². The van der Waals surface area contributed by atoms with Gasteiger partial charge in [0, 0.05) is 31.2 Å². The molecule has 90 heavy (non-hydrogen) atoms. The molecule has 12 rings (SSSR count). The predicted molar refractivity (Wildman–Crippen MR) is 412 cm³/mol. The zero-order valence-electron chi connectivity index (χ0n) is 51.3. The van der Waals surface area contributed by atoms with Crippen molar-refractivity contribution < 1.29 is 0 Å². The minimum Gasteiger partial charge on any atom is -0.0622 e. The SMILES string of the molecule is c1ccc(P(CC[P+](CCP(c2ccccc2)c2ccccc2)(CCP(c2ccccc2)c2ccccc2)CC(CP(c2ccccc2)c2ccccc2)(CP(c2ccccc2)c2ccccc2)CP(c2ccccc2)c2ccccc2)c2ccccc2)cc1. The highest BCUT2D eigenvalue weighted by Gasteiger charge is 2.51. The van der Waals surface area contributed by atoms with Crippen molar-refractivity contribution >= 4 is 118 Å². The van der Waals surface area contributed by atoms with Crippen LogP contribution < -0.4 is 63.7 Å². The highest BCUT2D eigenvalue weighted by atomic mass is 31.2. The third-order valence-corrected chi connectivity index (χ3v) is 39.3. The number of rotatable bonds is 29. The Kier molecular flexibility index (Phi) is 23.2. The average molecular weight is 1290 g/mol. The molecule has 446 valence electrons. The van der Waals surface area contributed by atoms with E-state index in [4.69, 9.17) is 0 Å². The molecular formula is C83H80P7+. The number of hydrogen-bond acceptors (Lipinski definition) is 0. The van der Waals surface area contributed by atoms with Gasteiger partial charge in [0.15, 0.2) is 0 Å². The molecule has 0 saturated carbocycles. The topological polar surface area (TPSA) is 0 Å². The molecule has 0 aromatic heterocycles. The summed E-state index contributed by atoms with van der Waals surface area (Å²) in [6.45, 7) is 0. The van der Waals surface area contributed by atoms with Gasteiger partial charge in [-0.15, -0.1) is 0 Å². The summed E-state index contributed by atoms with van der Waals surface area (Å²) in [7, 11) is -6.82. The van der Waals surface area contributed by atoms with Crippen LogP contribution >= 0.6 is 54.8 Å². The summed E-state index contributed by atoms with van der Waals surface area (Å²) < 4.78 is 0. The molecule has 0 aliphatic heterocycles. The number of hydrogen-bond donors (Lipinski definition) is 0. The molecule has 0 nitrogen and oxygen atoms in total. The van der Waals surface area contributed by atoms with Crippen LogP contribution in [0.15, 0.2) is 364 Å². The molecule has 0 N–H and O–H groups in total. The fourth-order valence-electron chi connectivity index (χ4n) is 13.0. The smallest absolute Gasteiger partial charge is 0.0622 e. The molecule has 0 saturated heterocycles. The largest absolute Gasteiger partial charge is 0.0661 e. The Hall–Kier alpha value is -6.35. The fraction of sp³-hybridized carbons (Fsp3) is 0.133. The van der Waals surface area contributed by atoms with Crippen LogP contribution in [0.3, 0.4) is 0 Å². The van der Waals surface area contributed by atoms with E-state index in [9.17, 15) is 0 Å². The van der Waals surface area contributed by atoms with E-state index in [1.807, 2.05) is 0 Å². The maximum atomic E-state index is 2.48. The van der Waals surface area contributed by atoms with Crippen LogP contribution in [0.5, 0.6) is 0 Å². The van der Waals surface area contributed by atoms with Gasteiger partial charge in [-0.1, -0.05) is 364 Å². The maximum absolute atomic E-state index is 2.48. The molecule has 0 radical (unpaired) electrons. The summed E-state index contributed by atoms with van der Waals surface area (Å²) in [5.74, 6) is 0. The Labute approximate surface area is 545 Å². The van der Waals surface area contributed by atoms with Crippen LogP contribution in [0.1, 0.15) is 0 Å². The average Bonchev–Trinajstić information content (AvgIpc) is 0.941. The monoisotopic (exact) mass is 1290 g/mol. The lowest BCUT2D eigenvalue weighted by molar-refractivity contribution is 0.502. The van der Waals surface area contributed by atoms with Gasteiger partial charge < -0.3 is 0 Å². The quantitative estimate of drug-likeness (QED) is 0.0410. The molecule has 0 amide bonds. The third kappa shape index (κ3) is 17.0. The molecule has 0 bridgehead atoms. The maximum Gasteiger partial charge on any atom is 0.0661 e. The van der Waals surface area contributed by atoms with Gasteiger partial charge in [0.25, 0.3) is 0 Å². The van der Waals surface area contributed by atoms with E-state index >= 15 is 0 Å².